The van der Waals surface area contributed by atoms with Gasteiger partial charge in [0, 0.05) is 12.2 Å². The van der Waals surface area contributed by atoms with Gasteiger partial charge < -0.3 is 5.32 Å². The SMILES string of the molecule is Cc1cccc(CN2CCC(C3(CCc4ccccc4)NC(=O)NC3=O)CC2)n1. The number of hydrogen-bond donors (Lipinski definition) is 2. The van der Waals surface area contributed by atoms with Gasteiger partial charge in [0.2, 0.25) is 0 Å². The number of nitrogens with zero attached hydrogens (tertiary/aromatic N) is 2. The normalized spacial score (nSPS) is 23.1. The van der Waals surface area contributed by atoms with Crippen LogP contribution in [0.15, 0.2) is 48.5 Å². The summed E-state index contributed by atoms with van der Waals surface area (Å²) in [6.07, 6.45) is 3.16. The number of hydrogen-bond acceptors (Lipinski definition) is 4. The third kappa shape index (κ3) is 4.32. The Hall–Kier alpha value is -2.73. The lowest BCUT2D eigenvalue weighted by atomic mass is 9.74. The Morgan fingerprint density at radius 1 is 1.07 bits per heavy atom. The number of benzene rings is 1. The molecule has 2 fully saturated rings. The van der Waals surface area contributed by atoms with Gasteiger partial charge in [0.1, 0.15) is 5.54 Å². The zero-order valence-corrected chi connectivity index (χ0v) is 16.9. The molecule has 152 valence electrons. The monoisotopic (exact) mass is 392 g/mol. The maximum absolute atomic E-state index is 12.8. The van der Waals surface area contributed by atoms with Crippen molar-refractivity contribution in [2.45, 2.75) is 44.7 Å². The number of aryl methyl sites for hydroxylation is 2. The number of urea groups is 1. The van der Waals surface area contributed by atoms with Crippen LogP contribution >= 0.6 is 0 Å². The Balaban J connectivity index is 1.42. The smallest absolute Gasteiger partial charge is 0.322 e. The van der Waals surface area contributed by atoms with E-state index in [4.69, 9.17) is 0 Å². The molecular weight excluding hydrogens is 364 g/mol. The predicted molar refractivity (Wildman–Crippen MR) is 111 cm³/mol. The number of piperidine rings is 1. The van der Waals surface area contributed by atoms with Crippen molar-refractivity contribution in [2.75, 3.05) is 13.1 Å². The van der Waals surface area contributed by atoms with Gasteiger partial charge in [-0.1, -0.05) is 36.4 Å². The average Bonchev–Trinajstić information content (AvgIpc) is 3.02. The number of imide groups is 1. The third-order valence-corrected chi connectivity index (χ3v) is 6.24. The van der Waals surface area contributed by atoms with Gasteiger partial charge >= 0.3 is 6.03 Å². The number of pyridine rings is 1. The van der Waals surface area contributed by atoms with Crippen molar-refractivity contribution in [2.24, 2.45) is 5.92 Å². The molecule has 1 atom stereocenters. The van der Waals surface area contributed by atoms with E-state index in [9.17, 15) is 9.59 Å². The Morgan fingerprint density at radius 3 is 2.48 bits per heavy atom. The minimum absolute atomic E-state index is 0.138. The van der Waals surface area contributed by atoms with Crippen LogP contribution in [0.25, 0.3) is 0 Å². The molecule has 2 N–H and O–H groups in total. The highest BCUT2D eigenvalue weighted by atomic mass is 16.2. The summed E-state index contributed by atoms with van der Waals surface area (Å²) >= 11 is 0. The van der Waals surface area contributed by atoms with Crippen LogP contribution < -0.4 is 10.6 Å². The van der Waals surface area contributed by atoms with Crippen LogP contribution in [-0.4, -0.2) is 40.5 Å². The number of rotatable bonds is 6. The summed E-state index contributed by atoms with van der Waals surface area (Å²) in [4.78, 5) is 31.8. The first-order valence-electron chi connectivity index (χ1n) is 10.4. The number of aromatic nitrogens is 1. The van der Waals surface area contributed by atoms with E-state index in [1.54, 1.807) is 0 Å². The summed E-state index contributed by atoms with van der Waals surface area (Å²) in [6, 6.07) is 15.9. The molecule has 1 aromatic carbocycles. The number of carbonyl (C=O) groups is 2. The summed E-state index contributed by atoms with van der Waals surface area (Å²) < 4.78 is 0. The third-order valence-electron chi connectivity index (χ3n) is 6.24. The highest BCUT2D eigenvalue weighted by molar-refractivity contribution is 6.07. The van der Waals surface area contributed by atoms with Crippen molar-refractivity contribution in [1.82, 2.24) is 20.5 Å². The quantitative estimate of drug-likeness (QED) is 0.742. The van der Waals surface area contributed by atoms with Crippen molar-refractivity contribution in [3.05, 3.63) is 65.5 Å². The van der Waals surface area contributed by atoms with Crippen molar-refractivity contribution in [3.8, 4) is 0 Å². The number of amides is 3. The molecule has 0 bridgehead atoms. The van der Waals surface area contributed by atoms with Gasteiger partial charge in [0.25, 0.3) is 5.91 Å². The minimum atomic E-state index is -0.805. The van der Waals surface area contributed by atoms with Gasteiger partial charge in [0.15, 0.2) is 0 Å². The van der Waals surface area contributed by atoms with Gasteiger partial charge in [-0.3, -0.25) is 20.0 Å². The molecule has 4 rings (SSSR count). The molecule has 2 aromatic rings. The van der Waals surface area contributed by atoms with Crippen LogP contribution in [0.3, 0.4) is 0 Å². The minimum Gasteiger partial charge on any atom is -0.323 e. The molecule has 6 nitrogen and oxygen atoms in total. The van der Waals surface area contributed by atoms with E-state index in [0.29, 0.717) is 6.42 Å². The molecule has 3 heterocycles. The molecular formula is C23H28N4O2. The summed E-state index contributed by atoms with van der Waals surface area (Å²) in [6.45, 7) is 4.63. The Kier molecular flexibility index (Phi) is 5.62. The second-order valence-corrected chi connectivity index (χ2v) is 8.19. The Bertz CT molecular complexity index is 877. The molecule has 1 aromatic heterocycles. The first-order chi connectivity index (χ1) is 14.0. The van der Waals surface area contributed by atoms with Crippen LogP contribution in [-0.2, 0) is 17.8 Å². The molecule has 0 saturated carbocycles. The van der Waals surface area contributed by atoms with Crippen LogP contribution in [0.1, 0.15) is 36.2 Å². The molecule has 0 spiro atoms. The Labute approximate surface area is 171 Å². The summed E-state index contributed by atoms with van der Waals surface area (Å²) in [5.41, 5.74) is 2.49. The second kappa shape index (κ2) is 8.33. The lowest BCUT2D eigenvalue weighted by Gasteiger charge is -2.40. The van der Waals surface area contributed by atoms with Gasteiger partial charge in [-0.15, -0.1) is 0 Å². The van der Waals surface area contributed by atoms with Crippen molar-refractivity contribution < 1.29 is 9.59 Å². The highest BCUT2D eigenvalue weighted by Crippen LogP contribution is 2.35. The number of nitrogens with one attached hydrogen (secondary N) is 2. The fourth-order valence-electron chi connectivity index (χ4n) is 4.66. The van der Waals surface area contributed by atoms with Crippen molar-refractivity contribution in [1.29, 1.82) is 0 Å². The summed E-state index contributed by atoms with van der Waals surface area (Å²) in [5, 5.41) is 5.48. The van der Waals surface area contributed by atoms with Gasteiger partial charge in [-0.05, 0) is 69.3 Å². The summed E-state index contributed by atoms with van der Waals surface area (Å²) in [7, 11) is 0. The average molecular weight is 393 g/mol. The largest absolute Gasteiger partial charge is 0.323 e. The molecule has 6 heteroatoms. The first-order valence-corrected chi connectivity index (χ1v) is 10.4. The molecule has 1 unspecified atom stereocenters. The maximum atomic E-state index is 12.8. The topological polar surface area (TPSA) is 74.3 Å². The van der Waals surface area contributed by atoms with Crippen LogP contribution in [0.5, 0.6) is 0 Å². The van der Waals surface area contributed by atoms with E-state index in [1.165, 1.54) is 5.56 Å². The fraction of sp³-hybridized carbons (Fsp3) is 0.435. The van der Waals surface area contributed by atoms with E-state index in [0.717, 1.165) is 50.3 Å². The molecule has 2 saturated heterocycles. The lowest BCUT2D eigenvalue weighted by Crippen LogP contribution is -2.56. The molecule has 0 aliphatic carbocycles. The van der Waals surface area contributed by atoms with Crippen molar-refractivity contribution >= 4 is 11.9 Å². The number of carbonyl (C=O) groups excluding carboxylic acids is 2. The van der Waals surface area contributed by atoms with Crippen LogP contribution in [0.4, 0.5) is 4.79 Å². The van der Waals surface area contributed by atoms with E-state index in [2.05, 4.69) is 38.7 Å². The van der Waals surface area contributed by atoms with E-state index < -0.39 is 5.54 Å². The van der Waals surface area contributed by atoms with E-state index in [1.807, 2.05) is 37.3 Å². The Morgan fingerprint density at radius 2 is 1.83 bits per heavy atom. The zero-order valence-electron chi connectivity index (χ0n) is 16.9. The maximum Gasteiger partial charge on any atom is 0.322 e. The number of likely N-dealkylation sites (tertiary alicyclic amines) is 1. The van der Waals surface area contributed by atoms with Crippen molar-refractivity contribution in [3.63, 3.8) is 0 Å². The van der Waals surface area contributed by atoms with Gasteiger partial charge in [-0.25, -0.2) is 4.79 Å². The van der Waals surface area contributed by atoms with Gasteiger partial charge in [-0.2, -0.15) is 0 Å². The second-order valence-electron chi connectivity index (χ2n) is 8.19. The lowest BCUT2D eigenvalue weighted by molar-refractivity contribution is -0.127. The van der Waals surface area contributed by atoms with E-state index >= 15 is 0 Å². The van der Waals surface area contributed by atoms with Crippen LogP contribution in [0, 0.1) is 12.8 Å². The molecule has 2 aliphatic heterocycles. The fourth-order valence-corrected chi connectivity index (χ4v) is 4.66. The predicted octanol–water partition coefficient (Wildman–Crippen LogP) is 2.81. The van der Waals surface area contributed by atoms with Crippen LogP contribution in [0.2, 0.25) is 0 Å². The zero-order chi connectivity index (χ0) is 20.3. The van der Waals surface area contributed by atoms with Gasteiger partial charge in [0.05, 0.1) is 5.69 Å². The first kappa shape index (κ1) is 19.6. The van der Waals surface area contributed by atoms with E-state index in [-0.39, 0.29) is 17.9 Å². The molecule has 3 amide bonds. The standard InChI is InChI=1S/C23H28N4O2/c1-17-6-5-9-20(24-17)16-27-14-11-19(12-15-27)23(21(28)25-22(29)26-23)13-10-18-7-3-2-4-8-18/h2-9,19H,10-16H2,1H3,(H2,25,26,28,29). The molecule has 0 radical (unpaired) electrons. The highest BCUT2D eigenvalue weighted by Gasteiger charge is 2.51. The molecule has 29 heavy (non-hydrogen) atoms. The summed E-state index contributed by atoms with van der Waals surface area (Å²) in [5.74, 6) is -0.0309. The molecule has 2 aliphatic rings.